The topological polar surface area (TPSA) is 46.6 Å². The van der Waals surface area contributed by atoms with Gasteiger partial charge in [-0.1, -0.05) is 36.4 Å². The van der Waals surface area contributed by atoms with E-state index in [1.165, 1.54) is 4.90 Å². The summed E-state index contributed by atoms with van der Waals surface area (Å²) in [7, 11) is 0. The second-order valence-corrected chi connectivity index (χ2v) is 4.57. The van der Waals surface area contributed by atoms with E-state index in [2.05, 4.69) is 0 Å². The SMILES string of the molecule is O=CN1c2ccccc2CC1OC(=O)c1ccccc1. The van der Waals surface area contributed by atoms with Crippen LogP contribution in [0.5, 0.6) is 0 Å². The molecule has 1 atom stereocenters. The first-order valence-corrected chi connectivity index (χ1v) is 6.37. The summed E-state index contributed by atoms with van der Waals surface area (Å²) in [6.45, 7) is 0. The molecule has 4 nitrogen and oxygen atoms in total. The number of carbonyl (C=O) groups is 2. The van der Waals surface area contributed by atoms with Crippen molar-refractivity contribution < 1.29 is 14.3 Å². The van der Waals surface area contributed by atoms with E-state index >= 15 is 0 Å². The van der Waals surface area contributed by atoms with Crippen LogP contribution in [0.1, 0.15) is 15.9 Å². The molecule has 0 radical (unpaired) electrons. The van der Waals surface area contributed by atoms with Crippen molar-refractivity contribution >= 4 is 18.1 Å². The number of fused-ring (bicyclic) bond motifs is 1. The van der Waals surface area contributed by atoms with Crippen LogP contribution in [0, 0.1) is 0 Å². The summed E-state index contributed by atoms with van der Waals surface area (Å²) in [6, 6.07) is 16.3. The molecule has 2 aromatic rings. The van der Waals surface area contributed by atoms with Crippen molar-refractivity contribution in [2.45, 2.75) is 12.6 Å². The molecule has 1 heterocycles. The van der Waals surface area contributed by atoms with Gasteiger partial charge in [-0.25, -0.2) is 4.79 Å². The number of para-hydroxylation sites is 1. The average Bonchev–Trinajstić information content (AvgIpc) is 2.85. The van der Waals surface area contributed by atoms with E-state index in [1.54, 1.807) is 24.3 Å². The summed E-state index contributed by atoms with van der Waals surface area (Å²) < 4.78 is 5.44. The molecule has 1 aliphatic rings. The van der Waals surface area contributed by atoms with E-state index in [9.17, 15) is 9.59 Å². The zero-order chi connectivity index (χ0) is 13.9. The van der Waals surface area contributed by atoms with Gasteiger partial charge in [-0.3, -0.25) is 9.69 Å². The van der Waals surface area contributed by atoms with Gasteiger partial charge >= 0.3 is 5.97 Å². The smallest absolute Gasteiger partial charge is 0.340 e. The Labute approximate surface area is 116 Å². The highest BCUT2D eigenvalue weighted by Gasteiger charge is 2.31. The first-order chi connectivity index (χ1) is 9.79. The van der Waals surface area contributed by atoms with Gasteiger partial charge in [0.1, 0.15) is 0 Å². The van der Waals surface area contributed by atoms with Crippen molar-refractivity contribution in [1.29, 1.82) is 0 Å². The molecule has 0 aromatic heterocycles. The van der Waals surface area contributed by atoms with E-state index in [-0.39, 0.29) is 0 Å². The number of rotatable bonds is 3. The second kappa shape index (κ2) is 5.17. The van der Waals surface area contributed by atoms with Crippen LogP contribution in [0.15, 0.2) is 54.6 Å². The van der Waals surface area contributed by atoms with Gasteiger partial charge in [-0.2, -0.15) is 0 Å². The molecule has 2 aromatic carbocycles. The van der Waals surface area contributed by atoms with Gasteiger partial charge in [-0.05, 0) is 23.8 Å². The van der Waals surface area contributed by atoms with Crippen molar-refractivity contribution in [1.82, 2.24) is 0 Å². The minimum atomic E-state index is -0.572. The van der Waals surface area contributed by atoms with Crippen molar-refractivity contribution in [2.75, 3.05) is 4.90 Å². The molecule has 0 aliphatic carbocycles. The van der Waals surface area contributed by atoms with Gasteiger partial charge in [0.2, 0.25) is 6.41 Å². The Hall–Kier alpha value is -2.62. The lowest BCUT2D eigenvalue weighted by atomic mass is 10.2. The van der Waals surface area contributed by atoms with Gasteiger partial charge < -0.3 is 4.74 Å². The monoisotopic (exact) mass is 267 g/mol. The molecule has 1 aliphatic heterocycles. The van der Waals surface area contributed by atoms with Crippen LogP contribution in [-0.2, 0) is 16.0 Å². The molecule has 3 rings (SSSR count). The lowest BCUT2D eigenvalue weighted by molar-refractivity contribution is -0.109. The number of nitrogens with zero attached hydrogens (tertiary/aromatic N) is 1. The number of amides is 1. The third-order valence-corrected chi connectivity index (χ3v) is 3.34. The highest BCUT2D eigenvalue weighted by Crippen LogP contribution is 2.31. The van der Waals surface area contributed by atoms with Gasteiger partial charge in [0.25, 0.3) is 0 Å². The molecule has 0 spiro atoms. The lowest BCUT2D eigenvalue weighted by Crippen LogP contribution is -2.35. The number of anilines is 1. The van der Waals surface area contributed by atoms with E-state index < -0.39 is 12.2 Å². The van der Waals surface area contributed by atoms with E-state index in [4.69, 9.17) is 4.74 Å². The first-order valence-electron chi connectivity index (χ1n) is 6.37. The Balaban J connectivity index is 1.80. The Morgan fingerprint density at radius 1 is 1.10 bits per heavy atom. The molecular formula is C16H13NO3. The molecule has 0 saturated carbocycles. The van der Waals surface area contributed by atoms with Crippen LogP contribution in [0.3, 0.4) is 0 Å². The zero-order valence-electron chi connectivity index (χ0n) is 10.7. The van der Waals surface area contributed by atoms with Crippen molar-refractivity contribution in [3.05, 3.63) is 65.7 Å². The van der Waals surface area contributed by atoms with Crippen LogP contribution in [0.2, 0.25) is 0 Å². The zero-order valence-corrected chi connectivity index (χ0v) is 10.7. The largest absolute Gasteiger partial charge is 0.437 e. The fraction of sp³-hybridized carbons (Fsp3) is 0.125. The van der Waals surface area contributed by atoms with Crippen LogP contribution in [0.25, 0.3) is 0 Å². The minimum absolute atomic E-state index is 0.421. The molecule has 0 bridgehead atoms. The summed E-state index contributed by atoms with van der Waals surface area (Å²) in [5.41, 5.74) is 2.29. The minimum Gasteiger partial charge on any atom is -0.437 e. The Kier molecular flexibility index (Phi) is 3.21. The van der Waals surface area contributed by atoms with Crippen LogP contribution >= 0.6 is 0 Å². The fourth-order valence-electron chi connectivity index (χ4n) is 2.37. The van der Waals surface area contributed by atoms with Crippen molar-refractivity contribution in [3.8, 4) is 0 Å². The Bertz CT molecular complexity index is 639. The lowest BCUT2D eigenvalue weighted by Gasteiger charge is -2.20. The third-order valence-electron chi connectivity index (χ3n) is 3.34. The van der Waals surface area contributed by atoms with Gasteiger partial charge in [-0.15, -0.1) is 0 Å². The summed E-state index contributed by atoms with van der Waals surface area (Å²) in [4.78, 5) is 24.7. The Morgan fingerprint density at radius 3 is 2.55 bits per heavy atom. The second-order valence-electron chi connectivity index (χ2n) is 4.57. The van der Waals surface area contributed by atoms with Crippen LogP contribution < -0.4 is 4.90 Å². The van der Waals surface area contributed by atoms with Crippen molar-refractivity contribution in [2.24, 2.45) is 0 Å². The molecule has 4 heteroatoms. The predicted octanol–water partition coefficient (Wildman–Crippen LogP) is 2.39. The number of benzene rings is 2. The number of ether oxygens (including phenoxy) is 1. The number of esters is 1. The molecule has 0 fully saturated rings. The number of hydrogen-bond donors (Lipinski definition) is 0. The summed E-state index contributed by atoms with van der Waals surface area (Å²) >= 11 is 0. The van der Waals surface area contributed by atoms with E-state index in [0.717, 1.165) is 11.3 Å². The molecule has 20 heavy (non-hydrogen) atoms. The van der Waals surface area contributed by atoms with Gasteiger partial charge in [0, 0.05) is 6.42 Å². The molecule has 0 N–H and O–H groups in total. The maximum atomic E-state index is 12.0. The molecule has 0 saturated heterocycles. The van der Waals surface area contributed by atoms with Gasteiger partial charge in [0.05, 0.1) is 11.3 Å². The average molecular weight is 267 g/mol. The fourth-order valence-corrected chi connectivity index (χ4v) is 2.37. The standard InChI is InChI=1S/C16H13NO3/c18-11-17-14-9-5-4-8-13(14)10-15(17)20-16(19)12-6-2-1-3-7-12/h1-9,11,15H,10H2. The number of carbonyl (C=O) groups excluding carboxylic acids is 2. The quantitative estimate of drug-likeness (QED) is 0.633. The van der Waals surface area contributed by atoms with Crippen LogP contribution in [-0.4, -0.2) is 18.6 Å². The summed E-state index contributed by atoms with van der Waals surface area (Å²) in [5.74, 6) is -0.421. The normalized spacial score (nSPS) is 16.6. The number of hydrogen-bond acceptors (Lipinski definition) is 3. The maximum Gasteiger partial charge on any atom is 0.340 e. The Morgan fingerprint density at radius 2 is 1.80 bits per heavy atom. The highest BCUT2D eigenvalue weighted by atomic mass is 16.6. The first kappa shape index (κ1) is 12.4. The molecular weight excluding hydrogens is 254 g/mol. The molecule has 1 amide bonds. The summed E-state index contributed by atoms with van der Waals surface area (Å²) in [5, 5.41) is 0. The molecule has 100 valence electrons. The maximum absolute atomic E-state index is 12.0. The van der Waals surface area contributed by atoms with Gasteiger partial charge in [0.15, 0.2) is 6.23 Å². The van der Waals surface area contributed by atoms with Crippen molar-refractivity contribution in [3.63, 3.8) is 0 Å². The highest BCUT2D eigenvalue weighted by molar-refractivity contribution is 5.90. The molecule has 1 unspecified atom stereocenters. The third kappa shape index (κ3) is 2.16. The van der Waals surface area contributed by atoms with Crippen LogP contribution in [0.4, 0.5) is 5.69 Å². The predicted molar refractivity (Wildman–Crippen MR) is 74.3 cm³/mol. The van der Waals surface area contributed by atoms with E-state index in [0.29, 0.717) is 18.4 Å². The summed E-state index contributed by atoms with van der Waals surface area (Å²) in [6.07, 6.45) is 0.653. The van der Waals surface area contributed by atoms with E-state index in [1.807, 2.05) is 30.3 Å².